The zero-order chi connectivity index (χ0) is 16.2. The second-order valence-corrected chi connectivity index (χ2v) is 6.54. The summed E-state index contributed by atoms with van der Waals surface area (Å²) in [6, 6.07) is 7.59. The van der Waals surface area contributed by atoms with Crippen LogP contribution in [-0.2, 0) is 4.74 Å². The normalized spacial score (nSPS) is 26.7. The number of rotatable bonds is 4. The van der Waals surface area contributed by atoms with Gasteiger partial charge in [0, 0.05) is 49.8 Å². The van der Waals surface area contributed by atoms with Gasteiger partial charge in [-0.25, -0.2) is 15.0 Å². The lowest BCUT2D eigenvalue weighted by molar-refractivity contribution is -0.110. The summed E-state index contributed by atoms with van der Waals surface area (Å²) >= 11 is 0. The zero-order valence-electron chi connectivity index (χ0n) is 13.7. The molecule has 2 aromatic heterocycles. The van der Waals surface area contributed by atoms with Crippen LogP contribution in [0.1, 0.15) is 19.3 Å². The Morgan fingerprint density at radius 2 is 2.04 bits per heavy atom. The maximum atomic E-state index is 6.09. The van der Waals surface area contributed by atoms with Crippen molar-refractivity contribution in [1.29, 1.82) is 0 Å². The van der Waals surface area contributed by atoms with Crippen molar-refractivity contribution >= 4 is 5.95 Å². The van der Waals surface area contributed by atoms with Gasteiger partial charge in [-0.05, 0) is 31.4 Å². The Hall–Kier alpha value is -2.21. The van der Waals surface area contributed by atoms with Crippen LogP contribution in [0.15, 0.2) is 42.9 Å². The van der Waals surface area contributed by atoms with Gasteiger partial charge in [0.2, 0.25) is 11.8 Å². The number of hydrogen-bond donors (Lipinski definition) is 0. The molecule has 2 saturated heterocycles. The van der Waals surface area contributed by atoms with Crippen LogP contribution in [0.5, 0.6) is 5.88 Å². The van der Waals surface area contributed by atoms with Crippen LogP contribution in [0.2, 0.25) is 0 Å². The first-order valence-corrected chi connectivity index (χ1v) is 8.53. The number of anilines is 1. The molecule has 0 radical (unpaired) electrons. The molecule has 0 N–H and O–H groups in total. The van der Waals surface area contributed by atoms with Crippen molar-refractivity contribution in [1.82, 2.24) is 15.0 Å². The molecule has 0 bridgehead atoms. The van der Waals surface area contributed by atoms with Gasteiger partial charge < -0.3 is 14.4 Å². The molecule has 2 atom stereocenters. The number of nitrogens with zero attached hydrogens (tertiary/aromatic N) is 4. The van der Waals surface area contributed by atoms with Crippen molar-refractivity contribution in [3.63, 3.8) is 0 Å². The summed E-state index contributed by atoms with van der Waals surface area (Å²) < 4.78 is 12.1. The van der Waals surface area contributed by atoms with Crippen molar-refractivity contribution in [2.75, 3.05) is 31.2 Å². The van der Waals surface area contributed by atoms with Crippen LogP contribution in [0.3, 0.4) is 0 Å². The fraction of sp³-hybridized carbons (Fsp3) is 0.500. The van der Waals surface area contributed by atoms with Gasteiger partial charge in [0.05, 0.1) is 12.7 Å². The second kappa shape index (κ2) is 6.73. The summed E-state index contributed by atoms with van der Waals surface area (Å²) in [5.41, 5.74) is -0.0345. The minimum absolute atomic E-state index is 0.0345. The Morgan fingerprint density at radius 3 is 2.88 bits per heavy atom. The maximum Gasteiger partial charge on any atom is 0.225 e. The first kappa shape index (κ1) is 15.3. The third-order valence-corrected chi connectivity index (χ3v) is 4.97. The van der Waals surface area contributed by atoms with Crippen LogP contribution in [0, 0.1) is 5.41 Å². The van der Waals surface area contributed by atoms with Gasteiger partial charge in [0.15, 0.2) is 0 Å². The van der Waals surface area contributed by atoms with E-state index in [-0.39, 0.29) is 11.5 Å². The topological polar surface area (TPSA) is 60.4 Å². The standard InChI is InChI=1S/C18H22N4O2/c1-2-8-19-16(5-1)24-14-18-7-3-12-23-15(18)6-11-22(13-18)17-20-9-4-10-21-17/h1-2,4-5,8-10,15H,3,6-7,11-14H2/t15-,18+/m1/s1. The van der Waals surface area contributed by atoms with E-state index in [1.165, 1.54) is 0 Å². The Balaban J connectivity index is 1.53. The number of fused-ring (bicyclic) bond motifs is 1. The molecule has 2 aromatic rings. The van der Waals surface area contributed by atoms with E-state index in [0.717, 1.165) is 44.9 Å². The van der Waals surface area contributed by atoms with Gasteiger partial charge in [0.25, 0.3) is 0 Å². The fourth-order valence-electron chi connectivity index (χ4n) is 3.78. The van der Waals surface area contributed by atoms with Gasteiger partial charge in [-0.2, -0.15) is 0 Å². The highest BCUT2D eigenvalue weighted by Gasteiger charge is 2.47. The predicted molar refractivity (Wildman–Crippen MR) is 90.0 cm³/mol. The quantitative estimate of drug-likeness (QED) is 0.859. The SMILES string of the molecule is c1ccc(OC[C@@]23CCCO[C@@H]2CCN(c2ncccn2)C3)nc1. The molecule has 2 fully saturated rings. The van der Waals surface area contributed by atoms with Gasteiger partial charge in [0.1, 0.15) is 0 Å². The van der Waals surface area contributed by atoms with Crippen LogP contribution in [-0.4, -0.2) is 47.4 Å². The van der Waals surface area contributed by atoms with E-state index in [0.29, 0.717) is 12.5 Å². The van der Waals surface area contributed by atoms with E-state index in [2.05, 4.69) is 19.9 Å². The Labute approximate surface area is 141 Å². The summed E-state index contributed by atoms with van der Waals surface area (Å²) in [7, 11) is 0. The van der Waals surface area contributed by atoms with E-state index in [4.69, 9.17) is 9.47 Å². The minimum Gasteiger partial charge on any atom is -0.477 e. The molecule has 4 heterocycles. The van der Waals surface area contributed by atoms with Crippen LogP contribution < -0.4 is 9.64 Å². The highest BCUT2D eigenvalue weighted by molar-refractivity contribution is 5.31. The van der Waals surface area contributed by atoms with Crippen molar-refractivity contribution in [2.45, 2.75) is 25.4 Å². The fourth-order valence-corrected chi connectivity index (χ4v) is 3.78. The Bertz CT molecular complexity index is 655. The third kappa shape index (κ3) is 3.06. The molecule has 2 aliphatic heterocycles. The smallest absolute Gasteiger partial charge is 0.225 e. The number of hydrogen-bond acceptors (Lipinski definition) is 6. The van der Waals surface area contributed by atoms with Crippen LogP contribution in [0.4, 0.5) is 5.95 Å². The van der Waals surface area contributed by atoms with E-state index < -0.39 is 0 Å². The first-order chi connectivity index (χ1) is 11.9. The monoisotopic (exact) mass is 326 g/mol. The lowest BCUT2D eigenvalue weighted by Crippen LogP contribution is -2.57. The van der Waals surface area contributed by atoms with Crippen molar-refractivity contribution in [2.24, 2.45) is 5.41 Å². The van der Waals surface area contributed by atoms with E-state index >= 15 is 0 Å². The van der Waals surface area contributed by atoms with E-state index in [1.807, 2.05) is 24.3 Å². The highest BCUT2D eigenvalue weighted by Crippen LogP contribution is 2.41. The van der Waals surface area contributed by atoms with Gasteiger partial charge in [-0.15, -0.1) is 0 Å². The van der Waals surface area contributed by atoms with Gasteiger partial charge >= 0.3 is 0 Å². The molecule has 0 unspecified atom stereocenters. The molecule has 0 saturated carbocycles. The van der Waals surface area contributed by atoms with Gasteiger partial charge in [-0.1, -0.05) is 6.07 Å². The largest absolute Gasteiger partial charge is 0.477 e. The lowest BCUT2D eigenvalue weighted by atomic mass is 9.73. The average Bonchev–Trinajstić information content (AvgIpc) is 2.67. The number of pyridine rings is 1. The average molecular weight is 326 g/mol. The number of ether oxygens (including phenoxy) is 2. The molecule has 6 nitrogen and oxygen atoms in total. The first-order valence-electron chi connectivity index (χ1n) is 8.53. The number of piperidine rings is 1. The lowest BCUT2D eigenvalue weighted by Gasteiger charge is -2.50. The number of aromatic nitrogens is 3. The van der Waals surface area contributed by atoms with Crippen molar-refractivity contribution in [3.05, 3.63) is 42.9 Å². The maximum absolute atomic E-state index is 6.09. The molecule has 0 aromatic carbocycles. The van der Waals surface area contributed by atoms with E-state index in [9.17, 15) is 0 Å². The van der Waals surface area contributed by atoms with Crippen LogP contribution in [0.25, 0.3) is 0 Å². The molecule has 126 valence electrons. The summed E-state index contributed by atoms with van der Waals surface area (Å²) in [4.78, 5) is 15.4. The molecule has 2 aliphatic rings. The molecular formula is C18H22N4O2. The minimum atomic E-state index is -0.0345. The highest BCUT2D eigenvalue weighted by atomic mass is 16.5. The predicted octanol–water partition coefficient (Wildman–Crippen LogP) is 2.33. The third-order valence-electron chi connectivity index (χ3n) is 4.97. The summed E-state index contributed by atoms with van der Waals surface area (Å²) in [6.07, 6.45) is 8.71. The molecule has 6 heteroatoms. The van der Waals surface area contributed by atoms with E-state index in [1.54, 1.807) is 18.6 Å². The summed E-state index contributed by atoms with van der Waals surface area (Å²) in [6.45, 7) is 3.23. The molecular weight excluding hydrogens is 304 g/mol. The zero-order valence-corrected chi connectivity index (χ0v) is 13.7. The van der Waals surface area contributed by atoms with Gasteiger partial charge in [-0.3, -0.25) is 0 Å². The van der Waals surface area contributed by atoms with Crippen molar-refractivity contribution < 1.29 is 9.47 Å². The summed E-state index contributed by atoms with van der Waals surface area (Å²) in [5, 5.41) is 0. The Morgan fingerprint density at radius 1 is 1.17 bits per heavy atom. The van der Waals surface area contributed by atoms with Crippen molar-refractivity contribution in [3.8, 4) is 5.88 Å². The molecule has 0 amide bonds. The Kier molecular flexibility index (Phi) is 4.30. The molecule has 24 heavy (non-hydrogen) atoms. The second-order valence-electron chi connectivity index (χ2n) is 6.54. The molecule has 4 rings (SSSR count). The molecule has 0 aliphatic carbocycles. The summed E-state index contributed by atoms with van der Waals surface area (Å²) in [5.74, 6) is 1.46. The van der Waals surface area contributed by atoms with Crippen LogP contribution >= 0.6 is 0 Å². The molecule has 0 spiro atoms.